The van der Waals surface area contributed by atoms with Gasteiger partial charge < -0.3 is 10.6 Å². The van der Waals surface area contributed by atoms with E-state index in [1.165, 1.54) is 5.69 Å². The van der Waals surface area contributed by atoms with E-state index < -0.39 is 0 Å². The Morgan fingerprint density at radius 1 is 1.29 bits per heavy atom. The number of anilines is 1. The van der Waals surface area contributed by atoms with Crippen LogP contribution in [0.5, 0.6) is 0 Å². The predicted octanol–water partition coefficient (Wildman–Crippen LogP) is 1.25. The number of rotatable bonds is 3. The monoisotopic (exact) mass is 189 g/mol. The van der Waals surface area contributed by atoms with Crippen LogP contribution in [0.4, 0.5) is 5.69 Å². The van der Waals surface area contributed by atoms with Crippen molar-refractivity contribution in [1.29, 1.82) is 0 Å². The maximum atomic E-state index is 5.54. The zero-order chi connectivity index (χ0) is 9.80. The van der Waals surface area contributed by atoms with Crippen LogP contribution in [0.2, 0.25) is 0 Å². The minimum Gasteiger partial charge on any atom is -0.330 e. The second-order valence-electron chi connectivity index (χ2n) is 3.32. The summed E-state index contributed by atoms with van der Waals surface area (Å²) in [5.74, 6) is 1.12. The highest BCUT2D eigenvalue weighted by Gasteiger charge is 2.16. The third kappa shape index (κ3) is 1.77. The molecular formula is C11H15N3. The molecule has 0 fully saturated rings. The molecule has 0 radical (unpaired) electrons. The molecule has 1 heterocycles. The summed E-state index contributed by atoms with van der Waals surface area (Å²) in [7, 11) is 0. The number of hydrogen-bond acceptors (Lipinski definition) is 3. The summed E-state index contributed by atoms with van der Waals surface area (Å²) in [6.45, 7) is 2.55. The second kappa shape index (κ2) is 4.24. The van der Waals surface area contributed by atoms with Gasteiger partial charge in [-0.25, -0.2) is 0 Å². The summed E-state index contributed by atoms with van der Waals surface area (Å²) in [4.78, 5) is 6.69. The van der Waals surface area contributed by atoms with Gasteiger partial charge >= 0.3 is 0 Å². The van der Waals surface area contributed by atoms with E-state index in [1.54, 1.807) is 0 Å². The Kier molecular flexibility index (Phi) is 2.79. The second-order valence-corrected chi connectivity index (χ2v) is 3.32. The summed E-state index contributed by atoms with van der Waals surface area (Å²) in [5.41, 5.74) is 6.76. The van der Waals surface area contributed by atoms with Crippen LogP contribution in [-0.4, -0.2) is 25.5 Å². The lowest BCUT2D eigenvalue weighted by Crippen LogP contribution is -2.28. The highest BCUT2D eigenvalue weighted by atomic mass is 15.2. The molecule has 2 rings (SSSR count). The fraction of sp³-hybridized carbons (Fsp3) is 0.364. The van der Waals surface area contributed by atoms with Crippen molar-refractivity contribution >= 4 is 11.5 Å². The van der Waals surface area contributed by atoms with Crippen LogP contribution in [0.25, 0.3) is 0 Å². The molecule has 1 aromatic carbocycles. The number of benzene rings is 1. The fourth-order valence-corrected chi connectivity index (χ4v) is 1.72. The maximum absolute atomic E-state index is 5.54. The first-order valence-corrected chi connectivity index (χ1v) is 4.98. The van der Waals surface area contributed by atoms with E-state index in [9.17, 15) is 0 Å². The number of nitrogens with two attached hydrogens (primary N) is 1. The largest absolute Gasteiger partial charge is 0.330 e. The zero-order valence-electron chi connectivity index (χ0n) is 8.19. The van der Waals surface area contributed by atoms with Gasteiger partial charge in [0.05, 0.1) is 6.54 Å². The van der Waals surface area contributed by atoms with Gasteiger partial charge in [-0.1, -0.05) is 18.2 Å². The first kappa shape index (κ1) is 9.21. The molecular weight excluding hydrogens is 174 g/mol. The van der Waals surface area contributed by atoms with E-state index in [0.29, 0.717) is 6.54 Å². The summed E-state index contributed by atoms with van der Waals surface area (Å²) in [5, 5.41) is 0. The minimum atomic E-state index is 0.669. The molecule has 14 heavy (non-hydrogen) atoms. The molecule has 3 nitrogen and oxygen atoms in total. The van der Waals surface area contributed by atoms with Crippen molar-refractivity contribution in [2.24, 2.45) is 10.7 Å². The van der Waals surface area contributed by atoms with E-state index in [2.05, 4.69) is 22.0 Å². The molecule has 0 spiro atoms. The van der Waals surface area contributed by atoms with Gasteiger partial charge in [-0.3, -0.25) is 4.99 Å². The molecule has 0 saturated heterocycles. The number of aliphatic imine (C=N–C) groups is 1. The Balaban J connectivity index is 2.16. The molecule has 74 valence electrons. The van der Waals surface area contributed by atoms with Crippen molar-refractivity contribution < 1.29 is 0 Å². The van der Waals surface area contributed by atoms with Crippen molar-refractivity contribution in [2.45, 2.75) is 6.42 Å². The summed E-state index contributed by atoms with van der Waals surface area (Å²) >= 11 is 0. The van der Waals surface area contributed by atoms with Crippen LogP contribution in [0.3, 0.4) is 0 Å². The van der Waals surface area contributed by atoms with Gasteiger partial charge in [-0.05, 0) is 18.7 Å². The van der Waals surface area contributed by atoms with Gasteiger partial charge in [0.2, 0.25) is 0 Å². The van der Waals surface area contributed by atoms with Gasteiger partial charge in [-0.2, -0.15) is 0 Å². The zero-order valence-corrected chi connectivity index (χ0v) is 8.19. The van der Waals surface area contributed by atoms with Gasteiger partial charge in [-0.15, -0.1) is 0 Å². The summed E-state index contributed by atoms with van der Waals surface area (Å²) < 4.78 is 0. The normalized spacial score (nSPS) is 15.8. The molecule has 0 amide bonds. The van der Waals surface area contributed by atoms with Gasteiger partial charge in [0.1, 0.15) is 5.84 Å². The smallest absolute Gasteiger partial charge is 0.105 e. The first-order chi connectivity index (χ1) is 6.92. The van der Waals surface area contributed by atoms with Gasteiger partial charge in [0, 0.05) is 18.7 Å². The van der Waals surface area contributed by atoms with E-state index >= 15 is 0 Å². The van der Waals surface area contributed by atoms with E-state index in [1.807, 2.05) is 18.2 Å². The molecule has 1 aliphatic rings. The van der Waals surface area contributed by atoms with Crippen LogP contribution in [0, 0.1) is 0 Å². The SMILES string of the molecule is NCCC1=NCCN1c1ccccc1. The van der Waals surface area contributed by atoms with Gasteiger partial charge in [0.25, 0.3) is 0 Å². The van der Waals surface area contributed by atoms with Crippen molar-refractivity contribution in [2.75, 3.05) is 24.5 Å². The number of amidine groups is 1. The number of para-hydroxylation sites is 1. The number of nitrogens with zero attached hydrogens (tertiary/aromatic N) is 2. The Hall–Kier alpha value is -1.35. The molecule has 0 unspecified atom stereocenters. The maximum Gasteiger partial charge on any atom is 0.105 e. The average molecular weight is 189 g/mol. The minimum absolute atomic E-state index is 0.669. The quantitative estimate of drug-likeness (QED) is 0.777. The first-order valence-electron chi connectivity index (χ1n) is 4.98. The van der Waals surface area contributed by atoms with E-state index in [0.717, 1.165) is 25.3 Å². The highest BCUT2D eigenvalue weighted by molar-refractivity contribution is 5.99. The van der Waals surface area contributed by atoms with Crippen molar-refractivity contribution in [3.8, 4) is 0 Å². The fourth-order valence-electron chi connectivity index (χ4n) is 1.72. The average Bonchev–Trinajstić information content (AvgIpc) is 2.68. The van der Waals surface area contributed by atoms with Crippen molar-refractivity contribution in [1.82, 2.24) is 0 Å². The van der Waals surface area contributed by atoms with Crippen LogP contribution < -0.4 is 10.6 Å². The van der Waals surface area contributed by atoms with Crippen molar-refractivity contribution in [3.05, 3.63) is 30.3 Å². The topological polar surface area (TPSA) is 41.6 Å². The standard InChI is InChI=1S/C11H15N3/c12-7-6-11-13-8-9-14(11)10-4-2-1-3-5-10/h1-5H,6-9,12H2. The summed E-state index contributed by atoms with van der Waals surface area (Å²) in [6.07, 6.45) is 0.870. The molecule has 2 N–H and O–H groups in total. The lowest BCUT2D eigenvalue weighted by atomic mass is 10.2. The Labute approximate surface area is 84.2 Å². The third-order valence-corrected chi connectivity index (χ3v) is 2.37. The van der Waals surface area contributed by atoms with Gasteiger partial charge in [0.15, 0.2) is 0 Å². The van der Waals surface area contributed by atoms with Crippen LogP contribution in [0.15, 0.2) is 35.3 Å². The van der Waals surface area contributed by atoms with Crippen LogP contribution >= 0.6 is 0 Å². The van der Waals surface area contributed by atoms with E-state index in [4.69, 9.17) is 5.73 Å². The lowest BCUT2D eigenvalue weighted by Gasteiger charge is -2.19. The molecule has 3 heteroatoms. The molecule has 0 atom stereocenters. The summed E-state index contributed by atoms with van der Waals surface area (Å²) in [6, 6.07) is 10.3. The molecule has 0 bridgehead atoms. The lowest BCUT2D eigenvalue weighted by molar-refractivity contribution is 0.997. The number of hydrogen-bond donors (Lipinski definition) is 1. The molecule has 0 aromatic heterocycles. The Bertz CT molecular complexity index is 319. The highest BCUT2D eigenvalue weighted by Crippen LogP contribution is 2.17. The third-order valence-electron chi connectivity index (χ3n) is 2.37. The molecule has 0 aliphatic carbocycles. The molecule has 1 aromatic rings. The Morgan fingerprint density at radius 3 is 2.79 bits per heavy atom. The van der Waals surface area contributed by atoms with Crippen LogP contribution in [0.1, 0.15) is 6.42 Å². The van der Waals surface area contributed by atoms with Crippen molar-refractivity contribution in [3.63, 3.8) is 0 Å². The molecule has 0 saturated carbocycles. The van der Waals surface area contributed by atoms with E-state index in [-0.39, 0.29) is 0 Å². The predicted molar refractivity (Wildman–Crippen MR) is 59.8 cm³/mol. The van der Waals surface area contributed by atoms with Crippen LogP contribution in [-0.2, 0) is 0 Å². The Morgan fingerprint density at radius 2 is 2.07 bits per heavy atom. The molecule has 1 aliphatic heterocycles.